The molecule has 1 N–H and O–H groups in total. The average molecular weight is 348 g/mol. The average Bonchev–Trinajstić information content (AvgIpc) is 2.70. The normalized spacial score (nSPS) is 11.7. The topological polar surface area (TPSA) is 72.0 Å². The summed E-state index contributed by atoms with van der Waals surface area (Å²) in [6.45, 7) is 2.00. The first kappa shape index (κ1) is 13.6. The van der Waals surface area contributed by atoms with Gasteiger partial charge in [-0.1, -0.05) is 0 Å². The Hall–Kier alpha value is -0.830. The first-order chi connectivity index (χ1) is 8.49. The molecule has 0 saturated carbocycles. The van der Waals surface area contributed by atoms with Crippen LogP contribution in [0.3, 0.4) is 0 Å². The molecule has 0 spiro atoms. The van der Waals surface area contributed by atoms with Gasteiger partial charge in [-0.15, -0.1) is 11.3 Å². The van der Waals surface area contributed by atoms with Crippen molar-refractivity contribution in [3.05, 3.63) is 39.7 Å². The maximum atomic E-state index is 12.0. The number of thiophene rings is 1. The Morgan fingerprint density at radius 2 is 2.28 bits per heavy atom. The third kappa shape index (κ3) is 3.14. The van der Waals surface area contributed by atoms with Crippen molar-refractivity contribution in [3.8, 4) is 0 Å². The minimum atomic E-state index is -3.48. The molecule has 0 aliphatic heterocycles. The second-order valence-corrected chi connectivity index (χ2v) is 7.91. The summed E-state index contributed by atoms with van der Waals surface area (Å²) in [7, 11) is -3.48. The van der Waals surface area contributed by atoms with Crippen LogP contribution in [0.15, 0.2) is 32.7 Å². The molecule has 2 aromatic heterocycles. The molecule has 0 saturated heterocycles. The number of nitrogens with zero attached hydrogens (tertiary/aromatic N) is 2. The first-order valence-corrected chi connectivity index (χ1v) is 8.09. The second-order valence-electron chi connectivity index (χ2n) is 3.55. The highest BCUT2D eigenvalue weighted by molar-refractivity contribution is 9.11. The molecular formula is C10H10BrN3O2S2. The molecule has 5 nitrogen and oxygen atoms in total. The molecule has 96 valence electrons. The van der Waals surface area contributed by atoms with Gasteiger partial charge in [0.05, 0.1) is 16.0 Å². The second kappa shape index (κ2) is 5.43. The number of hydrogen-bond acceptors (Lipinski definition) is 5. The summed E-state index contributed by atoms with van der Waals surface area (Å²) >= 11 is 4.50. The van der Waals surface area contributed by atoms with Gasteiger partial charge in [-0.2, -0.15) is 0 Å². The highest BCUT2D eigenvalue weighted by Gasteiger charge is 2.17. The molecule has 0 amide bonds. The van der Waals surface area contributed by atoms with Gasteiger partial charge in [0.15, 0.2) is 0 Å². The zero-order valence-electron chi connectivity index (χ0n) is 9.42. The fourth-order valence-electron chi connectivity index (χ4n) is 1.23. The Morgan fingerprint density at radius 1 is 1.50 bits per heavy atom. The van der Waals surface area contributed by atoms with Gasteiger partial charge in [-0.3, -0.25) is 0 Å². The van der Waals surface area contributed by atoms with Crippen LogP contribution in [0.25, 0.3) is 0 Å². The molecule has 2 heterocycles. The molecule has 0 aliphatic carbocycles. The molecule has 0 aliphatic rings. The van der Waals surface area contributed by atoms with Crippen molar-refractivity contribution in [2.45, 2.75) is 17.7 Å². The van der Waals surface area contributed by atoms with Crippen molar-refractivity contribution in [2.24, 2.45) is 0 Å². The lowest BCUT2D eigenvalue weighted by Crippen LogP contribution is -2.22. The van der Waals surface area contributed by atoms with Crippen molar-refractivity contribution >= 4 is 37.3 Å². The van der Waals surface area contributed by atoms with Crippen LogP contribution in [-0.4, -0.2) is 18.4 Å². The quantitative estimate of drug-likeness (QED) is 0.918. The highest BCUT2D eigenvalue weighted by atomic mass is 79.9. The van der Waals surface area contributed by atoms with E-state index >= 15 is 0 Å². The molecular weight excluding hydrogens is 338 g/mol. The van der Waals surface area contributed by atoms with Gasteiger partial charge in [0.1, 0.15) is 10.5 Å². The van der Waals surface area contributed by atoms with Crippen LogP contribution in [-0.2, 0) is 16.6 Å². The number of halogens is 1. The van der Waals surface area contributed by atoms with Crippen molar-refractivity contribution in [1.29, 1.82) is 0 Å². The Bertz CT molecular complexity index is 621. The molecule has 2 aromatic rings. The van der Waals surface area contributed by atoms with E-state index in [1.54, 1.807) is 18.3 Å². The van der Waals surface area contributed by atoms with E-state index in [2.05, 4.69) is 30.6 Å². The zero-order valence-corrected chi connectivity index (χ0v) is 12.6. The van der Waals surface area contributed by atoms with Gasteiger partial charge in [0.2, 0.25) is 10.0 Å². The zero-order chi connectivity index (χ0) is 13.2. The van der Waals surface area contributed by atoms with Gasteiger partial charge in [0, 0.05) is 6.20 Å². The lowest BCUT2D eigenvalue weighted by molar-refractivity contribution is 0.582. The minimum Gasteiger partial charge on any atom is -0.245 e. The molecule has 0 fully saturated rings. The van der Waals surface area contributed by atoms with E-state index in [4.69, 9.17) is 0 Å². The fraction of sp³-hybridized carbons (Fsp3) is 0.200. The standard InChI is InChI=1S/C10H10BrN3O2S2/c1-7-4-9(17-10(7)11)18(15,16)14-5-8-2-3-12-6-13-8/h2-4,6,14H,5H2,1H3. The van der Waals surface area contributed by atoms with Gasteiger partial charge in [0.25, 0.3) is 0 Å². The third-order valence-corrected chi connectivity index (χ3v) is 6.20. The molecule has 0 bridgehead atoms. The van der Waals surface area contributed by atoms with E-state index in [0.29, 0.717) is 9.90 Å². The van der Waals surface area contributed by atoms with Crippen molar-refractivity contribution in [1.82, 2.24) is 14.7 Å². The van der Waals surface area contributed by atoms with Crippen LogP contribution in [0.1, 0.15) is 11.3 Å². The van der Waals surface area contributed by atoms with Gasteiger partial charge in [-0.05, 0) is 40.5 Å². The Morgan fingerprint density at radius 3 is 2.83 bits per heavy atom. The van der Waals surface area contributed by atoms with E-state index in [9.17, 15) is 8.42 Å². The minimum absolute atomic E-state index is 0.152. The number of aromatic nitrogens is 2. The predicted octanol–water partition coefficient (Wildman–Crippen LogP) is 2.09. The number of rotatable bonds is 4. The Balaban J connectivity index is 2.13. The molecule has 2 rings (SSSR count). The maximum Gasteiger partial charge on any atom is 0.250 e. The molecule has 0 aromatic carbocycles. The molecule has 0 radical (unpaired) electrons. The highest BCUT2D eigenvalue weighted by Crippen LogP contribution is 2.30. The predicted molar refractivity (Wildman–Crippen MR) is 72.8 cm³/mol. The largest absolute Gasteiger partial charge is 0.250 e. The first-order valence-electron chi connectivity index (χ1n) is 4.99. The van der Waals surface area contributed by atoms with Crippen molar-refractivity contribution < 1.29 is 8.42 Å². The van der Waals surface area contributed by atoms with E-state index in [-0.39, 0.29) is 6.54 Å². The number of nitrogens with one attached hydrogen (secondary N) is 1. The SMILES string of the molecule is Cc1cc(S(=O)(=O)NCc2ccncn2)sc1Br. The third-order valence-electron chi connectivity index (χ3n) is 2.19. The number of hydrogen-bond donors (Lipinski definition) is 1. The lowest BCUT2D eigenvalue weighted by atomic mass is 10.4. The van der Waals surface area contributed by atoms with Gasteiger partial charge >= 0.3 is 0 Å². The van der Waals surface area contributed by atoms with Gasteiger partial charge < -0.3 is 0 Å². The van der Waals surface area contributed by atoms with E-state index in [1.807, 2.05) is 6.92 Å². The maximum absolute atomic E-state index is 12.0. The van der Waals surface area contributed by atoms with E-state index in [0.717, 1.165) is 9.35 Å². The van der Waals surface area contributed by atoms with Crippen LogP contribution in [0.4, 0.5) is 0 Å². The van der Waals surface area contributed by atoms with Crippen LogP contribution in [0, 0.1) is 6.92 Å². The summed E-state index contributed by atoms with van der Waals surface area (Å²) in [6.07, 6.45) is 2.96. The van der Waals surface area contributed by atoms with Crippen molar-refractivity contribution in [3.63, 3.8) is 0 Å². The van der Waals surface area contributed by atoms with E-state index in [1.165, 1.54) is 17.7 Å². The molecule has 0 unspecified atom stereocenters. The molecule has 0 atom stereocenters. The molecule has 18 heavy (non-hydrogen) atoms. The number of aryl methyl sites for hydroxylation is 1. The van der Waals surface area contributed by atoms with Crippen LogP contribution in [0.5, 0.6) is 0 Å². The monoisotopic (exact) mass is 347 g/mol. The smallest absolute Gasteiger partial charge is 0.245 e. The molecule has 8 heteroatoms. The van der Waals surface area contributed by atoms with Crippen LogP contribution >= 0.6 is 27.3 Å². The summed E-state index contributed by atoms with van der Waals surface area (Å²) in [6, 6.07) is 3.30. The van der Waals surface area contributed by atoms with E-state index < -0.39 is 10.0 Å². The van der Waals surface area contributed by atoms with Crippen LogP contribution < -0.4 is 4.72 Å². The Labute approximate surface area is 117 Å². The lowest BCUT2D eigenvalue weighted by Gasteiger charge is -2.03. The summed E-state index contributed by atoms with van der Waals surface area (Å²) in [5.74, 6) is 0. The summed E-state index contributed by atoms with van der Waals surface area (Å²) < 4.78 is 27.6. The van der Waals surface area contributed by atoms with Crippen molar-refractivity contribution in [2.75, 3.05) is 0 Å². The Kier molecular flexibility index (Phi) is 4.10. The fourth-order valence-corrected chi connectivity index (χ4v) is 4.50. The summed E-state index contributed by atoms with van der Waals surface area (Å²) in [5, 5.41) is 0. The summed E-state index contributed by atoms with van der Waals surface area (Å²) in [5.41, 5.74) is 1.53. The summed E-state index contributed by atoms with van der Waals surface area (Å²) in [4.78, 5) is 7.72. The number of sulfonamides is 1. The van der Waals surface area contributed by atoms with Gasteiger partial charge in [-0.25, -0.2) is 23.1 Å². The van der Waals surface area contributed by atoms with Crippen LogP contribution in [0.2, 0.25) is 0 Å².